The number of nitrogens with two attached hydrogens (primary N) is 1. The smallest absolute Gasteiger partial charge is 0.140 e. The van der Waals surface area contributed by atoms with Crippen molar-refractivity contribution < 1.29 is 4.39 Å². The second-order valence-corrected chi connectivity index (χ2v) is 4.70. The Morgan fingerprint density at radius 3 is 2.74 bits per heavy atom. The number of hydrogen-bond acceptors (Lipinski definition) is 3. The maximum absolute atomic E-state index is 13.1. The van der Waals surface area contributed by atoms with Crippen LogP contribution in [0.5, 0.6) is 0 Å². The zero-order valence-corrected chi connectivity index (χ0v) is 10.9. The summed E-state index contributed by atoms with van der Waals surface area (Å²) in [5.74, 6) is 0.147. The number of rotatable bonds is 3. The molecule has 1 heterocycles. The van der Waals surface area contributed by atoms with Crippen molar-refractivity contribution in [2.75, 3.05) is 5.73 Å². The number of aromatic nitrogens is 2. The first-order valence-electron chi connectivity index (χ1n) is 6.03. The third kappa shape index (κ3) is 2.58. The van der Waals surface area contributed by atoms with Crippen LogP contribution in [0.2, 0.25) is 0 Å². The number of anilines is 1. The minimum Gasteiger partial charge on any atom is -0.383 e. The van der Waals surface area contributed by atoms with Gasteiger partial charge in [0.05, 0.1) is 12.2 Å². The van der Waals surface area contributed by atoms with Gasteiger partial charge in [0.15, 0.2) is 0 Å². The van der Waals surface area contributed by atoms with E-state index in [1.807, 2.05) is 13.8 Å². The molecule has 0 aliphatic heterocycles. The highest BCUT2D eigenvalue weighted by atomic mass is 19.1. The van der Waals surface area contributed by atoms with Gasteiger partial charge in [-0.05, 0) is 23.6 Å². The zero-order chi connectivity index (χ0) is 14.0. The van der Waals surface area contributed by atoms with E-state index in [4.69, 9.17) is 11.0 Å². The van der Waals surface area contributed by atoms with Gasteiger partial charge in [0.25, 0.3) is 0 Å². The van der Waals surface area contributed by atoms with Gasteiger partial charge in [0.1, 0.15) is 23.3 Å². The van der Waals surface area contributed by atoms with Crippen LogP contribution in [0.4, 0.5) is 10.2 Å². The number of nitrogen functional groups attached to an aromatic ring is 1. The van der Waals surface area contributed by atoms with E-state index >= 15 is 0 Å². The van der Waals surface area contributed by atoms with E-state index in [2.05, 4.69) is 11.2 Å². The first kappa shape index (κ1) is 13.1. The highest BCUT2D eigenvalue weighted by Gasteiger charge is 2.17. The summed E-state index contributed by atoms with van der Waals surface area (Å²) < 4.78 is 14.7. The Morgan fingerprint density at radius 2 is 2.21 bits per heavy atom. The van der Waals surface area contributed by atoms with Gasteiger partial charge in [0.2, 0.25) is 0 Å². The molecule has 4 nitrogen and oxygen atoms in total. The molecule has 0 atom stereocenters. The molecule has 0 unspecified atom stereocenters. The molecule has 2 N–H and O–H groups in total. The highest BCUT2D eigenvalue weighted by molar-refractivity contribution is 5.53. The van der Waals surface area contributed by atoms with Crippen molar-refractivity contribution in [2.24, 2.45) is 0 Å². The maximum Gasteiger partial charge on any atom is 0.140 e. The van der Waals surface area contributed by atoms with E-state index in [1.54, 1.807) is 16.8 Å². The number of halogens is 1. The summed E-state index contributed by atoms with van der Waals surface area (Å²) in [6.45, 7) is 4.26. The van der Waals surface area contributed by atoms with Gasteiger partial charge in [-0.2, -0.15) is 10.4 Å². The first-order chi connectivity index (χ1) is 9.02. The fourth-order valence-electron chi connectivity index (χ4n) is 1.94. The van der Waals surface area contributed by atoms with Gasteiger partial charge in [-0.25, -0.2) is 9.07 Å². The van der Waals surface area contributed by atoms with Gasteiger partial charge in [-0.15, -0.1) is 0 Å². The number of hydrogen-bond donors (Lipinski definition) is 1. The Morgan fingerprint density at radius 1 is 1.47 bits per heavy atom. The van der Waals surface area contributed by atoms with Gasteiger partial charge >= 0.3 is 0 Å². The van der Waals surface area contributed by atoms with Gasteiger partial charge in [-0.1, -0.05) is 26.0 Å². The largest absolute Gasteiger partial charge is 0.383 e. The SMILES string of the molecule is CC(C)c1nn(Cc2cccc(F)c2)c(N)c1C#N. The second kappa shape index (κ2) is 5.11. The second-order valence-electron chi connectivity index (χ2n) is 4.70. The van der Waals surface area contributed by atoms with Crippen LogP contribution in [0, 0.1) is 17.1 Å². The monoisotopic (exact) mass is 258 g/mol. The lowest BCUT2D eigenvalue weighted by molar-refractivity contribution is 0.618. The lowest BCUT2D eigenvalue weighted by Gasteiger charge is -2.04. The minimum atomic E-state index is -0.298. The summed E-state index contributed by atoms with van der Waals surface area (Å²) in [4.78, 5) is 0. The molecular weight excluding hydrogens is 243 g/mol. The third-order valence-corrected chi connectivity index (χ3v) is 2.90. The summed E-state index contributed by atoms with van der Waals surface area (Å²) in [6, 6.07) is 8.33. The Labute approximate surface area is 111 Å². The molecule has 0 spiro atoms. The average molecular weight is 258 g/mol. The van der Waals surface area contributed by atoms with Crippen molar-refractivity contribution in [3.05, 3.63) is 46.9 Å². The van der Waals surface area contributed by atoms with E-state index in [0.29, 0.717) is 23.6 Å². The molecular formula is C14H15FN4. The summed E-state index contributed by atoms with van der Waals surface area (Å²) in [5, 5.41) is 13.5. The Hall–Kier alpha value is -2.35. The van der Waals surface area contributed by atoms with Gasteiger partial charge in [-0.3, -0.25) is 0 Å². The number of nitriles is 1. The molecule has 0 radical (unpaired) electrons. The Balaban J connectivity index is 2.39. The lowest BCUT2D eigenvalue weighted by Crippen LogP contribution is -2.06. The van der Waals surface area contributed by atoms with E-state index < -0.39 is 0 Å². The van der Waals surface area contributed by atoms with Crippen LogP contribution < -0.4 is 5.73 Å². The van der Waals surface area contributed by atoms with E-state index in [1.165, 1.54) is 12.1 Å². The van der Waals surface area contributed by atoms with Crippen molar-refractivity contribution in [1.82, 2.24) is 9.78 Å². The molecule has 0 aliphatic rings. The van der Waals surface area contributed by atoms with Crippen LogP contribution in [-0.2, 0) is 6.54 Å². The Kier molecular flexibility index (Phi) is 3.52. The summed E-state index contributed by atoms with van der Waals surface area (Å²) >= 11 is 0. The molecule has 0 bridgehead atoms. The third-order valence-electron chi connectivity index (χ3n) is 2.90. The predicted molar refractivity (Wildman–Crippen MR) is 70.9 cm³/mol. The van der Waals surface area contributed by atoms with Gasteiger partial charge in [0, 0.05) is 0 Å². The molecule has 0 fully saturated rings. The zero-order valence-electron chi connectivity index (χ0n) is 10.9. The van der Waals surface area contributed by atoms with E-state index in [9.17, 15) is 4.39 Å². The minimum absolute atomic E-state index is 0.116. The average Bonchev–Trinajstić information content (AvgIpc) is 2.66. The summed E-state index contributed by atoms with van der Waals surface area (Å²) in [6.07, 6.45) is 0. The molecule has 0 saturated carbocycles. The van der Waals surface area contributed by atoms with Crippen molar-refractivity contribution in [2.45, 2.75) is 26.3 Å². The Bertz CT molecular complexity index is 637. The van der Waals surface area contributed by atoms with Crippen molar-refractivity contribution >= 4 is 5.82 Å². The van der Waals surface area contributed by atoms with E-state index in [-0.39, 0.29) is 11.7 Å². The van der Waals surface area contributed by atoms with Crippen LogP contribution in [0.15, 0.2) is 24.3 Å². The first-order valence-corrected chi connectivity index (χ1v) is 6.03. The maximum atomic E-state index is 13.1. The topological polar surface area (TPSA) is 67.6 Å². The molecule has 0 amide bonds. The van der Waals surface area contributed by atoms with Crippen molar-refractivity contribution in [1.29, 1.82) is 5.26 Å². The molecule has 1 aromatic carbocycles. The van der Waals surface area contributed by atoms with Crippen LogP contribution in [0.25, 0.3) is 0 Å². The summed E-state index contributed by atoms with van der Waals surface area (Å²) in [7, 11) is 0. The quantitative estimate of drug-likeness (QED) is 0.920. The molecule has 1 aromatic heterocycles. The molecule has 0 saturated heterocycles. The van der Waals surface area contributed by atoms with Crippen LogP contribution in [0.1, 0.15) is 36.6 Å². The normalized spacial score (nSPS) is 10.7. The van der Waals surface area contributed by atoms with Crippen LogP contribution in [-0.4, -0.2) is 9.78 Å². The standard InChI is InChI=1S/C14H15FN4/c1-9(2)13-12(7-16)14(17)19(18-13)8-10-4-3-5-11(15)6-10/h3-6,9H,8,17H2,1-2H3. The number of nitrogens with zero attached hydrogens (tertiary/aromatic N) is 3. The van der Waals surface area contributed by atoms with Crippen molar-refractivity contribution in [3.8, 4) is 6.07 Å². The van der Waals surface area contributed by atoms with Gasteiger partial charge < -0.3 is 5.73 Å². The van der Waals surface area contributed by atoms with Crippen LogP contribution >= 0.6 is 0 Å². The molecule has 2 rings (SSSR count). The molecule has 0 aliphatic carbocycles. The van der Waals surface area contributed by atoms with Crippen molar-refractivity contribution in [3.63, 3.8) is 0 Å². The molecule has 19 heavy (non-hydrogen) atoms. The molecule has 2 aromatic rings. The number of benzene rings is 1. The van der Waals surface area contributed by atoms with Crippen LogP contribution in [0.3, 0.4) is 0 Å². The predicted octanol–water partition coefficient (Wildman–Crippen LogP) is 2.65. The fraction of sp³-hybridized carbons (Fsp3) is 0.286. The fourth-order valence-corrected chi connectivity index (χ4v) is 1.94. The molecule has 5 heteroatoms. The lowest BCUT2D eigenvalue weighted by atomic mass is 10.1. The van der Waals surface area contributed by atoms with E-state index in [0.717, 1.165) is 5.56 Å². The highest BCUT2D eigenvalue weighted by Crippen LogP contribution is 2.23. The summed E-state index contributed by atoms with van der Waals surface area (Å²) in [5.41, 5.74) is 7.77. The molecule has 98 valence electrons.